The molecule has 0 saturated carbocycles. The Kier molecular flexibility index (Phi) is 12.9. The molecule has 1 unspecified atom stereocenters. The third-order valence-corrected chi connectivity index (χ3v) is 6.23. The highest BCUT2D eigenvalue weighted by atomic mass is 32.1. The van der Waals surface area contributed by atoms with Crippen molar-refractivity contribution >= 4 is 51.4 Å². The first-order valence-electron chi connectivity index (χ1n) is 11.8. The zero-order chi connectivity index (χ0) is 30.4. The summed E-state index contributed by atoms with van der Waals surface area (Å²) < 4.78 is 14.2. The predicted molar refractivity (Wildman–Crippen MR) is 146 cm³/mol. The number of thiazole rings is 1. The van der Waals surface area contributed by atoms with Crippen molar-refractivity contribution in [2.24, 2.45) is 5.73 Å². The van der Waals surface area contributed by atoms with E-state index in [1.165, 1.54) is 23.5 Å². The molecule has 14 nitrogen and oxygen atoms in total. The third-order valence-electron chi connectivity index (χ3n) is 5.08. The lowest BCUT2D eigenvalue weighted by Crippen LogP contribution is -2.48. The summed E-state index contributed by atoms with van der Waals surface area (Å²) >= 11 is 1.47. The van der Waals surface area contributed by atoms with Crippen LogP contribution in [0, 0.1) is 5.82 Å². The third kappa shape index (κ3) is 12.3. The van der Waals surface area contributed by atoms with Crippen LogP contribution in [0.2, 0.25) is 0 Å². The van der Waals surface area contributed by atoms with Gasteiger partial charge >= 0.3 is 23.9 Å². The smallest absolute Gasteiger partial charge is 0.328 e. The first-order chi connectivity index (χ1) is 19.4. The van der Waals surface area contributed by atoms with Gasteiger partial charge in [0.1, 0.15) is 10.8 Å². The number of aromatic nitrogens is 3. The van der Waals surface area contributed by atoms with Gasteiger partial charge in [0.25, 0.3) is 0 Å². The zero-order valence-corrected chi connectivity index (χ0v) is 22.2. The monoisotopic (exact) mass is 590 g/mol. The minimum absolute atomic E-state index is 0.167. The maximum absolute atomic E-state index is 13.3. The molecule has 0 bridgehead atoms. The maximum Gasteiger partial charge on any atom is 0.328 e. The van der Waals surface area contributed by atoms with Gasteiger partial charge in [-0.2, -0.15) is 0 Å². The fourth-order valence-corrected chi connectivity index (χ4v) is 4.29. The Bertz CT molecular complexity index is 1330. The fraction of sp³-hybridized carbons (Fsp3) is 0.240. The molecule has 1 saturated heterocycles. The van der Waals surface area contributed by atoms with Crippen molar-refractivity contribution in [3.05, 3.63) is 71.8 Å². The molecule has 41 heavy (non-hydrogen) atoms. The first kappa shape index (κ1) is 32.4. The second-order valence-electron chi connectivity index (χ2n) is 8.13. The van der Waals surface area contributed by atoms with Crippen LogP contribution in [0.1, 0.15) is 11.0 Å². The molecule has 1 fully saturated rings. The van der Waals surface area contributed by atoms with E-state index in [4.69, 9.17) is 26.2 Å². The van der Waals surface area contributed by atoms with E-state index < -0.39 is 23.9 Å². The topological polar surface area (TPSA) is 220 Å². The van der Waals surface area contributed by atoms with Crippen molar-refractivity contribution in [2.45, 2.75) is 6.04 Å². The van der Waals surface area contributed by atoms with E-state index >= 15 is 0 Å². The Hall–Kier alpha value is -4.80. The number of carboxylic acids is 4. The van der Waals surface area contributed by atoms with Gasteiger partial charge < -0.3 is 31.1 Å². The molecule has 218 valence electrons. The number of carboxylic acid groups (broad SMARTS) is 4. The van der Waals surface area contributed by atoms with E-state index in [0.717, 1.165) is 53.9 Å². The van der Waals surface area contributed by atoms with E-state index in [9.17, 15) is 23.6 Å². The number of nitrogens with zero attached hydrogens (tertiary/aromatic N) is 5. The number of piperazine rings is 1. The van der Waals surface area contributed by atoms with Crippen molar-refractivity contribution in [2.75, 3.05) is 37.6 Å². The van der Waals surface area contributed by atoms with Crippen LogP contribution < -0.4 is 10.6 Å². The molecular weight excluding hydrogens is 563 g/mol. The van der Waals surface area contributed by atoms with Crippen molar-refractivity contribution < 1.29 is 44.0 Å². The minimum Gasteiger partial charge on any atom is -0.478 e. The van der Waals surface area contributed by atoms with E-state index in [0.29, 0.717) is 24.3 Å². The average molecular weight is 591 g/mol. The molecule has 16 heteroatoms. The van der Waals surface area contributed by atoms with Crippen LogP contribution in [-0.4, -0.2) is 96.9 Å². The molecule has 6 N–H and O–H groups in total. The fourth-order valence-electron chi connectivity index (χ4n) is 3.30. The van der Waals surface area contributed by atoms with Crippen LogP contribution in [0.25, 0.3) is 10.2 Å². The van der Waals surface area contributed by atoms with E-state index in [-0.39, 0.29) is 11.9 Å². The van der Waals surface area contributed by atoms with Crippen molar-refractivity contribution in [1.82, 2.24) is 19.9 Å². The molecule has 0 aliphatic carbocycles. The van der Waals surface area contributed by atoms with Gasteiger partial charge in [0.2, 0.25) is 5.95 Å². The lowest BCUT2D eigenvalue weighted by molar-refractivity contribution is -0.134. The first-order valence-corrected chi connectivity index (χ1v) is 12.6. The number of benzene rings is 1. The quantitative estimate of drug-likeness (QED) is 0.235. The van der Waals surface area contributed by atoms with Gasteiger partial charge in [-0.15, -0.1) is 11.3 Å². The Morgan fingerprint density at radius 1 is 0.902 bits per heavy atom. The SMILES string of the molecule is NC(CN1CCN(c2ncccn2)CC1)c1nc2ccc(F)cc2s1.O=C(O)/C=C/C(=O)O.O=C(O)/C=C/C(=O)O. The molecule has 1 atom stereocenters. The van der Waals surface area contributed by atoms with Crippen LogP contribution in [-0.2, 0) is 19.2 Å². The summed E-state index contributed by atoms with van der Waals surface area (Å²) in [6, 6.07) is 6.31. The van der Waals surface area contributed by atoms with Gasteiger partial charge in [-0.25, -0.2) is 38.5 Å². The molecular formula is C25H27FN6O8S. The summed E-state index contributed by atoms with van der Waals surface area (Å²) in [7, 11) is 0. The van der Waals surface area contributed by atoms with Crippen molar-refractivity contribution in [3.8, 4) is 0 Å². The summed E-state index contributed by atoms with van der Waals surface area (Å²) in [4.78, 5) is 55.9. The van der Waals surface area contributed by atoms with Gasteiger partial charge in [0.05, 0.1) is 16.3 Å². The summed E-state index contributed by atoms with van der Waals surface area (Å²) in [5.41, 5.74) is 7.16. The lowest BCUT2D eigenvalue weighted by Gasteiger charge is -2.35. The van der Waals surface area contributed by atoms with Gasteiger partial charge in [0, 0.05) is 69.4 Å². The Morgan fingerprint density at radius 2 is 1.41 bits per heavy atom. The van der Waals surface area contributed by atoms with Crippen molar-refractivity contribution in [1.29, 1.82) is 0 Å². The number of rotatable bonds is 8. The molecule has 1 aromatic carbocycles. The highest BCUT2D eigenvalue weighted by Crippen LogP contribution is 2.27. The minimum atomic E-state index is -1.26. The standard InChI is InChI=1S/C17H19FN6S.2C4H4O4/c18-12-2-3-14-15(10-12)25-16(22-14)13(19)11-23-6-8-24(9-7-23)17-20-4-1-5-21-17;2*5-3(6)1-2-4(7)8/h1-5,10,13H,6-9,11,19H2;2*1-2H,(H,5,6)(H,7,8)/b;2*2-1+. The molecule has 3 aromatic rings. The maximum atomic E-state index is 13.3. The predicted octanol–water partition coefficient (Wildman–Crippen LogP) is 1.47. The number of hydrogen-bond acceptors (Lipinski definition) is 11. The number of hydrogen-bond donors (Lipinski definition) is 5. The van der Waals surface area contributed by atoms with Crippen LogP contribution >= 0.6 is 11.3 Å². The number of carbonyl (C=O) groups is 4. The van der Waals surface area contributed by atoms with Crippen LogP contribution in [0.3, 0.4) is 0 Å². The van der Waals surface area contributed by atoms with Gasteiger partial charge in [-0.05, 0) is 24.3 Å². The van der Waals surface area contributed by atoms with E-state index in [2.05, 4.69) is 24.8 Å². The Balaban J connectivity index is 0.000000304. The van der Waals surface area contributed by atoms with Crippen LogP contribution in [0.5, 0.6) is 0 Å². The molecule has 2 aromatic heterocycles. The number of aliphatic carboxylic acids is 4. The number of fused-ring (bicyclic) bond motifs is 1. The highest BCUT2D eigenvalue weighted by Gasteiger charge is 2.22. The molecule has 3 heterocycles. The molecule has 1 aliphatic heterocycles. The highest BCUT2D eigenvalue weighted by molar-refractivity contribution is 7.18. The van der Waals surface area contributed by atoms with Crippen LogP contribution in [0.15, 0.2) is 61.0 Å². The lowest BCUT2D eigenvalue weighted by atomic mass is 10.2. The van der Waals surface area contributed by atoms with Crippen LogP contribution in [0.4, 0.5) is 10.3 Å². The normalized spacial score (nSPS) is 14.1. The molecule has 0 amide bonds. The summed E-state index contributed by atoms with van der Waals surface area (Å²) in [6.45, 7) is 4.31. The van der Waals surface area contributed by atoms with Crippen molar-refractivity contribution in [3.63, 3.8) is 0 Å². The molecule has 1 aliphatic rings. The molecule has 4 rings (SSSR count). The number of halogens is 1. The van der Waals surface area contributed by atoms with Gasteiger partial charge in [-0.3, -0.25) is 4.90 Å². The molecule has 0 spiro atoms. The van der Waals surface area contributed by atoms with Gasteiger partial charge in [-0.1, -0.05) is 0 Å². The second-order valence-corrected chi connectivity index (χ2v) is 9.19. The molecule has 0 radical (unpaired) electrons. The Morgan fingerprint density at radius 3 is 1.90 bits per heavy atom. The van der Waals surface area contributed by atoms with E-state index in [1.54, 1.807) is 18.5 Å². The van der Waals surface area contributed by atoms with E-state index in [1.807, 2.05) is 6.07 Å². The largest absolute Gasteiger partial charge is 0.478 e. The number of anilines is 1. The van der Waals surface area contributed by atoms with Gasteiger partial charge in [0.15, 0.2) is 0 Å². The summed E-state index contributed by atoms with van der Waals surface area (Å²) in [6.07, 6.45) is 5.76. The Labute approximate surface area is 236 Å². The summed E-state index contributed by atoms with van der Waals surface area (Å²) in [5, 5.41) is 32.1. The zero-order valence-electron chi connectivity index (χ0n) is 21.4. The average Bonchev–Trinajstić information content (AvgIpc) is 3.36. The second kappa shape index (κ2) is 16.3. The number of nitrogens with two attached hydrogens (primary N) is 1. The summed E-state index contributed by atoms with van der Waals surface area (Å²) in [5.74, 6) is -4.49.